The molecule has 2 N–H and O–H groups in total. The predicted molar refractivity (Wildman–Crippen MR) is 125 cm³/mol. The van der Waals surface area contributed by atoms with Gasteiger partial charge in [0, 0.05) is 22.6 Å². The minimum atomic E-state index is -0.407. The summed E-state index contributed by atoms with van der Waals surface area (Å²) in [6, 6.07) is 5.36. The Morgan fingerprint density at radius 1 is 1.26 bits per heavy atom. The van der Waals surface area contributed by atoms with Crippen molar-refractivity contribution in [1.82, 2.24) is 19.7 Å². The van der Waals surface area contributed by atoms with Crippen LogP contribution in [0.4, 0.5) is 10.8 Å². The van der Waals surface area contributed by atoms with Gasteiger partial charge in [-0.15, -0.1) is 21.5 Å². The highest BCUT2D eigenvalue weighted by Gasteiger charge is 2.21. The first-order chi connectivity index (χ1) is 14.8. The highest BCUT2D eigenvalue weighted by Crippen LogP contribution is 2.25. The number of thiazole rings is 1. The third-order valence-corrected chi connectivity index (χ3v) is 6.75. The number of hydrogen-bond acceptors (Lipinski definition) is 7. The first-order valence-electron chi connectivity index (χ1n) is 9.64. The average Bonchev–Trinajstić information content (AvgIpc) is 3.29. The molecule has 0 unspecified atom stereocenters. The van der Waals surface area contributed by atoms with Gasteiger partial charge in [0.25, 0.3) is 0 Å². The number of amides is 2. The van der Waals surface area contributed by atoms with Crippen LogP contribution in [0.3, 0.4) is 0 Å². The summed E-state index contributed by atoms with van der Waals surface area (Å²) < 4.78 is 1.84. The van der Waals surface area contributed by atoms with Crippen LogP contribution in [0, 0.1) is 13.8 Å². The molecule has 2 amide bonds. The molecule has 2 aromatic heterocycles. The molecule has 0 saturated heterocycles. The molecule has 0 saturated carbocycles. The number of hydrogen-bond donors (Lipinski definition) is 2. The fourth-order valence-electron chi connectivity index (χ4n) is 2.70. The van der Waals surface area contributed by atoms with Crippen LogP contribution in [-0.2, 0) is 22.6 Å². The lowest BCUT2D eigenvalue weighted by atomic mass is 10.2. The topological polar surface area (TPSA) is 102 Å². The number of nitrogens with one attached hydrogen (secondary N) is 2. The second-order valence-electron chi connectivity index (χ2n) is 6.88. The SMILES string of the molecule is CCn1c(CC(=O)Nc2ccc(C)c(Cl)c2)nnc1S[C@H](C)C(=O)Nc1nc(C)cs1. The maximum atomic E-state index is 12.5. The van der Waals surface area contributed by atoms with Gasteiger partial charge in [-0.3, -0.25) is 9.59 Å². The van der Waals surface area contributed by atoms with Gasteiger partial charge in [-0.2, -0.15) is 0 Å². The minimum Gasteiger partial charge on any atom is -0.326 e. The van der Waals surface area contributed by atoms with Gasteiger partial charge in [0.15, 0.2) is 10.3 Å². The second kappa shape index (κ2) is 10.3. The molecule has 0 aliphatic carbocycles. The summed E-state index contributed by atoms with van der Waals surface area (Å²) in [5.41, 5.74) is 2.43. The Kier molecular flexibility index (Phi) is 7.69. The molecule has 3 aromatic rings. The molecule has 0 spiro atoms. The number of carbonyl (C=O) groups is 2. The Morgan fingerprint density at radius 3 is 2.68 bits per heavy atom. The molecule has 1 aromatic carbocycles. The van der Waals surface area contributed by atoms with Crippen molar-refractivity contribution in [3.63, 3.8) is 0 Å². The zero-order valence-electron chi connectivity index (χ0n) is 17.6. The summed E-state index contributed by atoms with van der Waals surface area (Å²) in [5, 5.41) is 17.2. The molecule has 164 valence electrons. The van der Waals surface area contributed by atoms with Crippen molar-refractivity contribution in [3.05, 3.63) is 45.7 Å². The van der Waals surface area contributed by atoms with Crippen molar-refractivity contribution >= 4 is 57.3 Å². The predicted octanol–water partition coefficient (Wildman–Crippen LogP) is 4.33. The van der Waals surface area contributed by atoms with Crippen LogP contribution >= 0.6 is 34.7 Å². The lowest BCUT2D eigenvalue weighted by Gasteiger charge is -2.12. The van der Waals surface area contributed by atoms with Crippen molar-refractivity contribution in [3.8, 4) is 0 Å². The van der Waals surface area contributed by atoms with Crippen LogP contribution in [0.2, 0.25) is 5.02 Å². The van der Waals surface area contributed by atoms with Crippen molar-refractivity contribution in [2.45, 2.75) is 51.1 Å². The zero-order chi connectivity index (χ0) is 22.5. The van der Waals surface area contributed by atoms with Crippen LogP contribution in [0.5, 0.6) is 0 Å². The standard InChI is InChI=1S/C20H23ClN6O2S2/c1-5-27-16(9-17(28)23-14-7-6-11(2)15(21)8-14)25-26-20(27)31-13(4)18(29)24-19-22-12(3)10-30-19/h6-8,10,13H,5,9H2,1-4H3,(H,23,28)(H,22,24,29)/t13-/m1/s1. The molecule has 1 atom stereocenters. The molecule has 0 aliphatic heterocycles. The van der Waals surface area contributed by atoms with E-state index in [9.17, 15) is 9.59 Å². The van der Waals surface area contributed by atoms with E-state index in [0.717, 1.165) is 11.3 Å². The molecule has 3 rings (SSSR count). The Bertz CT molecular complexity index is 1100. The van der Waals surface area contributed by atoms with Crippen LogP contribution < -0.4 is 10.6 Å². The highest BCUT2D eigenvalue weighted by atomic mass is 35.5. The smallest absolute Gasteiger partial charge is 0.239 e. The Morgan fingerprint density at radius 2 is 2.03 bits per heavy atom. The molecule has 0 bridgehead atoms. The summed E-state index contributed by atoms with van der Waals surface area (Å²) in [7, 11) is 0. The van der Waals surface area contributed by atoms with Crippen molar-refractivity contribution in [2.24, 2.45) is 0 Å². The van der Waals surface area contributed by atoms with E-state index < -0.39 is 5.25 Å². The van der Waals surface area contributed by atoms with Crippen LogP contribution in [0.25, 0.3) is 0 Å². The molecular weight excluding hydrogens is 456 g/mol. The van der Waals surface area contributed by atoms with Gasteiger partial charge < -0.3 is 15.2 Å². The average molecular weight is 479 g/mol. The summed E-state index contributed by atoms with van der Waals surface area (Å²) in [6.45, 7) is 8.09. The number of benzene rings is 1. The molecule has 0 fully saturated rings. The number of nitrogens with zero attached hydrogens (tertiary/aromatic N) is 4. The third-order valence-electron chi connectivity index (χ3n) is 4.38. The lowest BCUT2D eigenvalue weighted by Crippen LogP contribution is -2.23. The zero-order valence-corrected chi connectivity index (χ0v) is 20.0. The maximum Gasteiger partial charge on any atom is 0.239 e. The normalized spacial score (nSPS) is 11.9. The number of aromatic nitrogens is 4. The van der Waals surface area contributed by atoms with E-state index in [-0.39, 0.29) is 18.2 Å². The molecule has 11 heteroatoms. The van der Waals surface area contributed by atoms with Crippen LogP contribution in [0.15, 0.2) is 28.7 Å². The number of carbonyl (C=O) groups excluding carboxylic acids is 2. The van der Waals surface area contributed by atoms with E-state index in [1.807, 2.05) is 36.8 Å². The van der Waals surface area contributed by atoms with Crippen molar-refractivity contribution in [2.75, 3.05) is 10.6 Å². The minimum absolute atomic E-state index is 0.0614. The maximum absolute atomic E-state index is 12.5. The summed E-state index contributed by atoms with van der Waals surface area (Å²) in [4.78, 5) is 29.2. The second-order valence-corrected chi connectivity index (χ2v) is 9.45. The van der Waals surface area contributed by atoms with Gasteiger partial charge >= 0.3 is 0 Å². The molecule has 2 heterocycles. The highest BCUT2D eigenvalue weighted by molar-refractivity contribution is 8.00. The Hall–Kier alpha value is -2.43. The lowest BCUT2D eigenvalue weighted by molar-refractivity contribution is -0.116. The summed E-state index contributed by atoms with van der Waals surface area (Å²) in [5.74, 6) is 0.146. The van der Waals surface area contributed by atoms with Gasteiger partial charge in [-0.05, 0) is 45.4 Å². The van der Waals surface area contributed by atoms with Gasteiger partial charge in [0.1, 0.15) is 5.82 Å². The molecule has 31 heavy (non-hydrogen) atoms. The van der Waals surface area contributed by atoms with E-state index in [1.54, 1.807) is 19.1 Å². The van der Waals surface area contributed by atoms with Crippen molar-refractivity contribution in [1.29, 1.82) is 0 Å². The Balaban J connectivity index is 1.63. The van der Waals surface area contributed by atoms with Gasteiger partial charge in [-0.1, -0.05) is 29.4 Å². The molecule has 8 nitrogen and oxygen atoms in total. The third kappa shape index (κ3) is 6.05. The Labute approximate surface area is 193 Å². The molecule has 0 radical (unpaired) electrons. The van der Waals surface area contributed by atoms with E-state index in [0.29, 0.717) is 33.4 Å². The fourth-order valence-corrected chi connectivity index (χ4v) is 4.51. The monoisotopic (exact) mass is 478 g/mol. The van der Waals surface area contributed by atoms with Gasteiger partial charge in [0.2, 0.25) is 11.8 Å². The quantitative estimate of drug-likeness (QED) is 0.467. The van der Waals surface area contributed by atoms with E-state index in [4.69, 9.17) is 11.6 Å². The first kappa shape index (κ1) is 23.2. The number of aryl methyl sites for hydroxylation is 2. The number of thioether (sulfide) groups is 1. The van der Waals surface area contributed by atoms with Crippen LogP contribution in [0.1, 0.15) is 30.9 Å². The number of rotatable bonds is 8. The first-order valence-corrected chi connectivity index (χ1v) is 11.8. The van der Waals surface area contributed by atoms with Gasteiger partial charge in [0.05, 0.1) is 17.4 Å². The van der Waals surface area contributed by atoms with E-state index >= 15 is 0 Å². The summed E-state index contributed by atoms with van der Waals surface area (Å²) in [6.07, 6.45) is 0.0614. The molecule has 0 aliphatic rings. The largest absolute Gasteiger partial charge is 0.326 e. The van der Waals surface area contributed by atoms with Gasteiger partial charge in [-0.25, -0.2) is 4.98 Å². The van der Waals surface area contributed by atoms with E-state index in [2.05, 4.69) is 25.8 Å². The van der Waals surface area contributed by atoms with Crippen molar-refractivity contribution < 1.29 is 9.59 Å². The van der Waals surface area contributed by atoms with E-state index in [1.165, 1.54) is 23.1 Å². The number of halogens is 1. The molecular formula is C20H23ClN6O2S2. The van der Waals surface area contributed by atoms with Crippen LogP contribution in [-0.4, -0.2) is 36.8 Å². The summed E-state index contributed by atoms with van der Waals surface area (Å²) >= 11 is 8.79. The number of anilines is 2. The fraction of sp³-hybridized carbons (Fsp3) is 0.350.